The molecule has 0 aliphatic carbocycles. The van der Waals surface area contributed by atoms with Gasteiger partial charge in [0.1, 0.15) is 5.82 Å². The average Bonchev–Trinajstić information content (AvgIpc) is 3.03. The van der Waals surface area contributed by atoms with Gasteiger partial charge >= 0.3 is 0 Å². The molecule has 0 bridgehead atoms. The van der Waals surface area contributed by atoms with E-state index >= 15 is 0 Å². The predicted octanol–water partition coefficient (Wildman–Crippen LogP) is 1.93. The Hall–Kier alpha value is -1.77. The van der Waals surface area contributed by atoms with E-state index in [0.29, 0.717) is 11.3 Å². The highest BCUT2D eigenvalue weighted by molar-refractivity contribution is 7.89. The summed E-state index contributed by atoms with van der Waals surface area (Å²) in [5.41, 5.74) is 0.754. The first-order chi connectivity index (χ1) is 10.5. The largest absolute Gasteiger partial charge is 0.286 e. The van der Waals surface area contributed by atoms with E-state index in [1.54, 1.807) is 6.07 Å². The molecule has 3 aromatic rings. The van der Waals surface area contributed by atoms with Crippen LogP contribution in [0.1, 0.15) is 15.6 Å². The highest BCUT2D eigenvalue weighted by Gasteiger charge is 2.18. The van der Waals surface area contributed by atoms with Crippen molar-refractivity contribution in [2.24, 2.45) is 0 Å². The SMILES string of the molecule is Cc1cc(S(=O)(=O)NCCc2nnc3ccccn23)c(C)s1. The third kappa shape index (κ3) is 2.90. The molecule has 22 heavy (non-hydrogen) atoms. The van der Waals surface area contributed by atoms with E-state index in [1.807, 2.05) is 42.6 Å². The van der Waals surface area contributed by atoms with Crippen molar-refractivity contribution in [1.29, 1.82) is 0 Å². The molecule has 3 rings (SSSR count). The van der Waals surface area contributed by atoms with Gasteiger partial charge in [0.15, 0.2) is 5.65 Å². The van der Waals surface area contributed by atoms with Crippen LogP contribution < -0.4 is 4.72 Å². The Bertz CT molecular complexity index is 912. The zero-order valence-electron chi connectivity index (χ0n) is 12.3. The summed E-state index contributed by atoms with van der Waals surface area (Å²) in [5, 5.41) is 8.14. The molecule has 8 heteroatoms. The lowest BCUT2D eigenvalue weighted by molar-refractivity contribution is 0.580. The van der Waals surface area contributed by atoms with Crippen LogP contribution in [0.3, 0.4) is 0 Å². The molecule has 1 N–H and O–H groups in total. The molecule has 0 aliphatic heterocycles. The first-order valence-electron chi connectivity index (χ1n) is 6.83. The predicted molar refractivity (Wildman–Crippen MR) is 85.7 cm³/mol. The van der Waals surface area contributed by atoms with E-state index in [-0.39, 0.29) is 6.54 Å². The second-order valence-corrected chi connectivity index (χ2v) is 8.17. The summed E-state index contributed by atoms with van der Waals surface area (Å²) in [5.74, 6) is 0.733. The Balaban J connectivity index is 1.71. The van der Waals surface area contributed by atoms with Gasteiger partial charge in [0.25, 0.3) is 0 Å². The fourth-order valence-corrected chi connectivity index (χ4v) is 4.90. The zero-order valence-corrected chi connectivity index (χ0v) is 13.9. The van der Waals surface area contributed by atoms with Crippen LogP contribution in [0.25, 0.3) is 5.65 Å². The van der Waals surface area contributed by atoms with Gasteiger partial charge in [-0.1, -0.05) is 6.07 Å². The molecule has 0 saturated heterocycles. The van der Waals surface area contributed by atoms with Gasteiger partial charge in [0, 0.05) is 28.9 Å². The minimum atomic E-state index is -3.47. The van der Waals surface area contributed by atoms with Crippen molar-refractivity contribution >= 4 is 27.0 Å². The number of fused-ring (bicyclic) bond motifs is 1. The van der Waals surface area contributed by atoms with Gasteiger partial charge in [-0.2, -0.15) is 0 Å². The molecule has 3 aromatic heterocycles. The molecule has 0 spiro atoms. The van der Waals surface area contributed by atoms with E-state index in [0.717, 1.165) is 21.2 Å². The number of nitrogens with one attached hydrogen (secondary N) is 1. The molecular weight excluding hydrogens is 320 g/mol. The monoisotopic (exact) mass is 336 g/mol. The number of pyridine rings is 1. The zero-order chi connectivity index (χ0) is 15.7. The first-order valence-corrected chi connectivity index (χ1v) is 9.13. The third-order valence-corrected chi connectivity index (χ3v) is 5.99. The van der Waals surface area contributed by atoms with Crippen molar-refractivity contribution in [1.82, 2.24) is 19.3 Å². The van der Waals surface area contributed by atoms with Gasteiger partial charge in [-0.15, -0.1) is 21.5 Å². The quantitative estimate of drug-likeness (QED) is 0.772. The van der Waals surface area contributed by atoms with Crippen molar-refractivity contribution in [3.8, 4) is 0 Å². The normalized spacial score (nSPS) is 12.1. The molecule has 0 aromatic carbocycles. The fraction of sp³-hybridized carbons (Fsp3) is 0.286. The number of hydrogen-bond acceptors (Lipinski definition) is 5. The molecule has 0 radical (unpaired) electrons. The summed E-state index contributed by atoms with van der Waals surface area (Å²) in [6.07, 6.45) is 2.35. The van der Waals surface area contributed by atoms with Crippen molar-refractivity contribution in [2.45, 2.75) is 25.2 Å². The van der Waals surface area contributed by atoms with Crippen LogP contribution in [0.2, 0.25) is 0 Å². The van der Waals surface area contributed by atoms with Crippen LogP contribution in [0.15, 0.2) is 35.4 Å². The van der Waals surface area contributed by atoms with Crippen molar-refractivity contribution in [2.75, 3.05) is 6.54 Å². The van der Waals surface area contributed by atoms with E-state index < -0.39 is 10.0 Å². The van der Waals surface area contributed by atoms with Crippen LogP contribution in [0.5, 0.6) is 0 Å². The fourth-order valence-electron chi connectivity index (χ4n) is 2.31. The number of aromatic nitrogens is 3. The molecule has 0 unspecified atom stereocenters. The molecule has 3 heterocycles. The minimum Gasteiger partial charge on any atom is -0.286 e. The molecular formula is C14H16N4O2S2. The molecule has 0 amide bonds. The molecule has 0 aliphatic rings. The maximum atomic E-state index is 12.3. The van der Waals surface area contributed by atoms with Gasteiger partial charge < -0.3 is 0 Å². The smallest absolute Gasteiger partial charge is 0.241 e. The summed E-state index contributed by atoms with van der Waals surface area (Å²) < 4.78 is 29.1. The highest BCUT2D eigenvalue weighted by atomic mass is 32.2. The number of hydrogen-bond donors (Lipinski definition) is 1. The maximum Gasteiger partial charge on any atom is 0.241 e. The van der Waals surface area contributed by atoms with Crippen LogP contribution >= 0.6 is 11.3 Å². The Morgan fingerprint density at radius 3 is 2.82 bits per heavy atom. The topological polar surface area (TPSA) is 76.4 Å². The van der Waals surface area contributed by atoms with E-state index in [1.165, 1.54) is 11.3 Å². The van der Waals surface area contributed by atoms with Gasteiger partial charge in [-0.25, -0.2) is 13.1 Å². The third-order valence-electron chi connectivity index (χ3n) is 3.31. The minimum absolute atomic E-state index is 0.284. The van der Waals surface area contributed by atoms with Crippen molar-refractivity contribution in [3.63, 3.8) is 0 Å². The summed E-state index contributed by atoms with van der Waals surface area (Å²) in [7, 11) is -3.47. The lowest BCUT2D eigenvalue weighted by atomic mass is 10.4. The summed E-state index contributed by atoms with van der Waals surface area (Å²) >= 11 is 1.48. The maximum absolute atomic E-state index is 12.3. The Labute approximate surface area is 132 Å². The van der Waals surface area contributed by atoms with Crippen molar-refractivity contribution < 1.29 is 8.42 Å². The van der Waals surface area contributed by atoms with Crippen LogP contribution in [-0.2, 0) is 16.4 Å². The lowest BCUT2D eigenvalue weighted by Crippen LogP contribution is -2.26. The number of thiophene rings is 1. The standard InChI is InChI=1S/C14H16N4O2S2/c1-10-9-12(11(2)21-10)22(19,20)15-7-6-14-17-16-13-5-3-4-8-18(13)14/h3-5,8-9,15H,6-7H2,1-2H3. The van der Waals surface area contributed by atoms with E-state index in [4.69, 9.17) is 0 Å². The second-order valence-electron chi connectivity index (χ2n) is 4.97. The van der Waals surface area contributed by atoms with Crippen LogP contribution in [-0.4, -0.2) is 29.6 Å². The van der Waals surface area contributed by atoms with Gasteiger partial charge in [0.2, 0.25) is 10.0 Å². The van der Waals surface area contributed by atoms with Crippen LogP contribution in [0, 0.1) is 13.8 Å². The average molecular weight is 336 g/mol. The van der Waals surface area contributed by atoms with Crippen LogP contribution in [0.4, 0.5) is 0 Å². The van der Waals surface area contributed by atoms with Crippen molar-refractivity contribution in [3.05, 3.63) is 46.0 Å². The summed E-state index contributed by atoms with van der Waals surface area (Å²) in [6, 6.07) is 7.34. The van der Waals surface area contributed by atoms with Gasteiger partial charge in [-0.05, 0) is 32.0 Å². The molecule has 6 nitrogen and oxygen atoms in total. The molecule has 0 atom stereocenters. The summed E-state index contributed by atoms with van der Waals surface area (Å²) in [4.78, 5) is 2.15. The Kier molecular flexibility index (Phi) is 3.98. The molecule has 0 fully saturated rings. The second kappa shape index (κ2) is 5.79. The molecule has 116 valence electrons. The van der Waals surface area contributed by atoms with E-state index in [9.17, 15) is 8.42 Å². The summed E-state index contributed by atoms with van der Waals surface area (Å²) in [6.45, 7) is 4.00. The number of aryl methyl sites for hydroxylation is 2. The Morgan fingerprint density at radius 1 is 1.27 bits per heavy atom. The number of rotatable bonds is 5. The number of nitrogens with zero attached hydrogens (tertiary/aromatic N) is 3. The highest BCUT2D eigenvalue weighted by Crippen LogP contribution is 2.24. The lowest BCUT2D eigenvalue weighted by Gasteiger charge is -2.05. The van der Waals surface area contributed by atoms with Gasteiger partial charge in [-0.3, -0.25) is 4.40 Å². The number of sulfonamides is 1. The first kappa shape index (κ1) is 15.1. The Morgan fingerprint density at radius 2 is 2.09 bits per heavy atom. The van der Waals surface area contributed by atoms with Gasteiger partial charge in [0.05, 0.1) is 4.90 Å². The van der Waals surface area contributed by atoms with E-state index in [2.05, 4.69) is 14.9 Å². The molecule has 0 saturated carbocycles.